The molecule has 1 N–H and O–H groups in total. The first-order chi connectivity index (χ1) is 15.0. The number of nitrogens with one attached hydrogen (secondary N) is 1. The monoisotopic (exact) mass is 418 g/mol. The molecule has 158 valence electrons. The van der Waals surface area contributed by atoms with Gasteiger partial charge in [-0.25, -0.2) is 9.37 Å². The molecule has 1 atom stereocenters. The molecule has 0 saturated heterocycles. The summed E-state index contributed by atoms with van der Waals surface area (Å²) < 4.78 is 22.3. The molecular weight excluding hydrogens is 395 g/mol. The van der Waals surface area contributed by atoms with Crippen LogP contribution in [0, 0.1) is 12.7 Å². The Morgan fingerprint density at radius 3 is 2.58 bits per heavy atom. The van der Waals surface area contributed by atoms with Gasteiger partial charge in [-0.3, -0.25) is 4.79 Å². The molecule has 0 fully saturated rings. The first-order valence-electron chi connectivity index (χ1n) is 9.89. The van der Waals surface area contributed by atoms with Crippen molar-refractivity contribution >= 4 is 11.4 Å². The zero-order valence-corrected chi connectivity index (χ0v) is 17.5. The van der Waals surface area contributed by atoms with Crippen molar-refractivity contribution in [2.24, 2.45) is 0 Å². The second-order valence-electron chi connectivity index (χ2n) is 7.30. The molecule has 0 unspecified atom stereocenters. The summed E-state index contributed by atoms with van der Waals surface area (Å²) in [5, 5.41) is 3.19. The highest BCUT2D eigenvalue weighted by Gasteiger charge is 2.13. The normalized spacial score (nSPS) is 11.9. The van der Waals surface area contributed by atoms with Gasteiger partial charge in [-0.15, -0.1) is 0 Å². The fraction of sp³-hybridized carbons (Fsp3) is 0.167. The first kappa shape index (κ1) is 20.4. The molecule has 2 aromatic carbocycles. The van der Waals surface area contributed by atoms with Crippen LogP contribution in [0.2, 0.25) is 0 Å². The van der Waals surface area contributed by atoms with Crippen molar-refractivity contribution in [3.05, 3.63) is 101 Å². The number of rotatable bonds is 6. The van der Waals surface area contributed by atoms with Crippen LogP contribution >= 0.6 is 0 Å². The van der Waals surface area contributed by atoms with Crippen LogP contribution in [-0.2, 0) is 0 Å². The summed E-state index contributed by atoms with van der Waals surface area (Å²) in [6.45, 7) is 3.83. The summed E-state index contributed by atoms with van der Waals surface area (Å²) in [5.41, 5.74) is 3.59. The van der Waals surface area contributed by atoms with E-state index in [1.165, 1.54) is 12.1 Å². The summed E-state index contributed by atoms with van der Waals surface area (Å²) in [4.78, 5) is 17.3. The third-order valence-corrected chi connectivity index (χ3v) is 5.19. The lowest BCUT2D eigenvalue weighted by atomic mass is 10.1. The molecule has 0 bridgehead atoms. The number of aromatic nitrogens is 3. The van der Waals surface area contributed by atoms with E-state index in [0.717, 1.165) is 22.6 Å². The van der Waals surface area contributed by atoms with Gasteiger partial charge in [-0.1, -0.05) is 12.1 Å². The Kier molecular flexibility index (Phi) is 5.58. The smallest absolute Gasteiger partial charge is 0.274 e. The van der Waals surface area contributed by atoms with E-state index < -0.39 is 0 Å². The summed E-state index contributed by atoms with van der Waals surface area (Å²) in [6.07, 6.45) is 5.37. The predicted molar refractivity (Wildman–Crippen MR) is 119 cm³/mol. The zero-order valence-electron chi connectivity index (χ0n) is 17.5. The number of nitrogens with zero attached hydrogens (tertiary/aromatic N) is 3. The van der Waals surface area contributed by atoms with Crippen LogP contribution in [0.5, 0.6) is 5.75 Å². The summed E-state index contributed by atoms with van der Waals surface area (Å²) in [5.74, 6) is 0.347. The summed E-state index contributed by atoms with van der Waals surface area (Å²) in [6, 6.07) is 15.1. The Balaban J connectivity index is 1.63. The molecule has 0 amide bonds. The van der Waals surface area contributed by atoms with Crippen molar-refractivity contribution < 1.29 is 9.13 Å². The van der Waals surface area contributed by atoms with E-state index in [0.29, 0.717) is 11.4 Å². The van der Waals surface area contributed by atoms with Gasteiger partial charge in [0.15, 0.2) is 0 Å². The zero-order chi connectivity index (χ0) is 22.0. The lowest BCUT2D eigenvalue weighted by Gasteiger charge is -2.17. The molecule has 31 heavy (non-hydrogen) atoms. The Hall–Kier alpha value is -3.87. The highest BCUT2D eigenvalue weighted by Crippen LogP contribution is 2.28. The third-order valence-electron chi connectivity index (χ3n) is 5.19. The van der Waals surface area contributed by atoms with Gasteiger partial charge in [0.05, 0.1) is 30.9 Å². The SMILES string of the molecule is COc1cc(Nc2cccn([C@@H](C)c3ccc(F)cc3)c2=O)ccc1-n1cnc(C)c1. The van der Waals surface area contributed by atoms with Crippen molar-refractivity contribution in [1.29, 1.82) is 0 Å². The number of halogens is 1. The Bertz CT molecular complexity index is 1260. The van der Waals surface area contributed by atoms with Gasteiger partial charge in [0, 0.05) is 24.1 Å². The molecule has 0 saturated carbocycles. The second kappa shape index (κ2) is 8.47. The Morgan fingerprint density at radius 1 is 1.13 bits per heavy atom. The van der Waals surface area contributed by atoms with Crippen LogP contribution in [0.4, 0.5) is 15.8 Å². The molecule has 2 aromatic heterocycles. The molecule has 0 spiro atoms. The number of imidazole rings is 1. The van der Waals surface area contributed by atoms with E-state index in [1.54, 1.807) is 42.4 Å². The van der Waals surface area contributed by atoms with Gasteiger partial charge in [-0.2, -0.15) is 0 Å². The van der Waals surface area contributed by atoms with Crippen LogP contribution < -0.4 is 15.6 Å². The number of hydrogen-bond donors (Lipinski definition) is 1. The Labute approximate surface area is 179 Å². The molecule has 6 nitrogen and oxygen atoms in total. The van der Waals surface area contributed by atoms with E-state index in [1.807, 2.05) is 48.9 Å². The maximum Gasteiger partial charge on any atom is 0.274 e. The largest absolute Gasteiger partial charge is 0.494 e. The minimum Gasteiger partial charge on any atom is -0.494 e. The highest BCUT2D eigenvalue weighted by molar-refractivity contribution is 5.64. The minimum absolute atomic E-state index is 0.174. The van der Waals surface area contributed by atoms with E-state index in [-0.39, 0.29) is 17.4 Å². The predicted octanol–water partition coefficient (Wildman–Crippen LogP) is 4.84. The minimum atomic E-state index is -0.304. The molecule has 0 aliphatic carbocycles. The van der Waals surface area contributed by atoms with Crippen molar-refractivity contribution in [2.45, 2.75) is 19.9 Å². The molecular formula is C24H23FN4O2. The number of aryl methyl sites for hydroxylation is 1. The van der Waals surface area contributed by atoms with Gasteiger partial charge >= 0.3 is 0 Å². The van der Waals surface area contributed by atoms with Gasteiger partial charge in [0.2, 0.25) is 0 Å². The molecule has 2 heterocycles. The van der Waals surface area contributed by atoms with Crippen molar-refractivity contribution in [2.75, 3.05) is 12.4 Å². The average molecular weight is 418 g/mol. The summed E-state index contributed by atoms with van der Waals surface area (Å²) in [7, 11) is 1.60. The van der Waals surface area contributed by atoms with Crippen LogP contribution in [0.15, 0.2) is 78.1 Å². The van der Waals surface area contributed by atoms with Gasteiger partial charge in [-0.05, 0) is 55.8 Å². The second-order valence-corrected chi connectivity index (χ2v) is 7.30. The van der Waals surface area contributed by atoms with Gasteiger partial charge < -0.3 is 19.2 Å². The highest BCUT2D eigenvalue weighted by atomic mass is 19.1. The third kappa shape index (κ3) is 4.21. The Morgan fingerprint density at radius 2 is 1.90 bits per heavy atom. The standard InChI is InChI=1S/C24H23FN4O2/c1-16-14-28(15-26-16)22-11-10-20(13-23(22)31-3)27-21-5-4-12-29(24(21)30)17(2)18-6-8-19(25)9-7-18/h4-15,17,27H,1-3H3/t17-/m0/s1. The van der Waals surface area contributed by atoms with Crippen molar-refractivity contribution in [3.63, 3.8) is 0 Å². The fourth-order valence-electron chi connectivity index (χ4n) is 3.49. The van der Waals surface area contributed by atoms with Crippen LogP contribution in [0.25, 0.3) is 5.69 Å². The van der Waals surface area contributed by atoms with Crippen LogP contribution in [0.1, 0.15) is 24.2 Å². The molecule has 4 aromatic rings. The van der Waals surface area contributed by atoms with E-state index >= 15 is 0 Å². The molecule has 4 rings (SSSR count). The van der Waals surface area contributed by atoms with Crippen LogP contribution in [0.3, 0.4) is 0 Å². The number of hydrogen-bond acceptors (Lipinski definition) is 4. The van der Waals surface area contributed by atoms with Crippen molar-refractivity contribution in [3.8, 4) is 11.4 Å². The lowest BCUT2D eigenvalue weighted by molar-refractivity contribution is 0.413. The number of methoxy groups -OCH3 is 1. The van der Waals surface area contributed by atoms with Gasteiger partial charge in [0.1, 0.15) is 17.3 Å². The average Bonchev–Trinajstić information content (AvgIpc) is 3.21. The van der Waals surface area contributed by atoms with Gasteiger partial charge in [0.25, 0.3) is 5.56 Å². The molecule has 0 radical (unpaired) electrons. The first-order valence-corrected chi connectivity index (χ1v) is 9.89. The van der Waals surface area contributed by atoms with E-state index in [2.05, 4.69) is 10.3 Å². The quantitative estimate of drug-likeness (QED) is 0.487. The van der Waals surface area contributed by atoms with Crippen molar-refractivity contribution in [1.82, 2.24) is 14.1 Å². The maximum absolute atomic E-state index is 13.2. The number of benzene rings is 2. The lowest BCUT2D eigenvalue weighted by Crippen LogP contribution is -2.25. The molecule has 0 aliphatic heterocycles. The van der Waals surface area contributed by atoms with E-state index in [4.69, 9.17) is 4.74 Å². The number of ether oxygens (including phenoxy) is 1. The topological polar surface area (TPSA) is 61.1 Å². The van der Waals surface area contributed by atoms with Crippen LogP contribution in [-0.4, -0.2) is 21.2 Å². The maximum atomic E-state index is 13.2. The summed E-state index contributed by atoms with van der Waals surface area (Å²) >= 11 is 0. The molecule has 7 heteroatoms. The van der Waals surface area contributed by atoms with E-state index in [9.17, 15) is 9.18 Å². The number of anilines is 2. The molecule has 0 aliphatic rings. The fourth-order valence-corrected chi connectivity index (χ4v) is 3.49. The number of pyridine rings is 1.